The standard InChI is InChI=1S/C31H42O4/c1-5-35-30(34)25-9-6-8-22(17-25)16-20(2)27-13-14-28-23(10-7-15-31(27,28)4)11-12-24-18-26(32)19-29(33)21(24)3/h6,8-9,11-12,17,20,26-29,32-33H,3,5,7,10,13-16,18-19H2,1-2,4H3/b23-11+,24-12-/t20-,26-,27-,28+,29+,31-/m1/s1. The van der Waals surface area contributed by atoms with Crippen LogP contribution < -0.4 is 0 Å². The molecule has 3 aliphatic rings. The van der Waals surface area contributed by atoms with E-state index in [1.165, 1.54) is 36.8 Å². The first-order valence-corrected chi connectivity index (χ1v) is 13.4. The number of aliphatic hydroxyl groups is 2. The van der Waals surface area contributed by atoms with Gasteiger partial charge in [-0.3, -0.25) is 0 Å². The molecule has 0 aromatic heterocycles. The predicted octanol–water partition coefficient (Wildman–Crippen LogP) is 6.18. The molecule has 35 heavy (non-hydrogen) atoms. The largest absolute Gasteiger partial charge is 0.462 e. The van der Waals surface area contributed by atoms with Crippen LogP contribution in [0.15, 0.2) is 59.7 Å². The fourth-order valence-corrected chi connectivity index (χ4v) is 7.23. The van der Waals surface area contributed by atoms with Crippen LogP contribution in [-0.4, -0.2) is 35.0 Å². The second kappa shape index (κ2) is 10.8. The minimum atomic E-state index is -0.640. The highest BCUT2D eigenvalue weighted by Crippen LogP contribution is 2.59. The van der Waals surface area contributed by atoms with Crippen molar-refractivity contribution < 1.29 is 19.7 Å². The number of carbonyl (C=O) groups is 1. The number of carbonyl (C=O) groups excluding carboxylic acids is 1. The van der Waals surface area contributed by atoms with Gasteiger partial charge in [0.25, 0.3) is 0 Å². The van der Waals surface area contributed by atoms with Crippen molar-refractivity contribution in [2.75, 3.05) is 6.61 Å². The van der Waals surface area contributed by atoms with Gasteiger partial charge < -0.3 is 14.9 Å². The van der Waals surface area contributed by atoms with Gasteiger partial charge in [0.2, 0.25) is 0 Å². The molecule has 3 aliphatic carbocycles. The summed E-state index contributed by atoms with van der Waals surface area (Å²) in [6.07, 6.45) is 11.2. The molecule has 1 aromatic carbocycles. The number of hydrogen-bond acceptors (Lipinski definition) is 4. The van der Waals surface area contributed by atoms with Crippen LogP contribution in [-0.2, 0) is 11.2 Å². The Morgan fingerprint density at radius 1 is 1.29 bits per heavy atom. The van der Waals surface area contributed by atoms with Gasteiger partial charge in [-0.05, 0) is 104 Å². The Morgan fingerprint density at radius 3 is 2.86 bits per heavy atom. The maximum atomic E-state index is 12.2. The molecule has 0 bridgehead atoms. The highest BCUT2D eigenvalue weighted by molar-refractivity contribution is 5.89. The number of benzene rings is 1. The third-order valence-electron chi connectivity index (χ3n) is 8.98. The zero-order chi connectivity index (χ0) is 25.2. The second-order valence-corrected chi connectivity index (χ2v) is 11.3. The number of ether oxygens (including phenoxy) is 1. The summed E-state index contributed by atoms with van der Waals surface area (Å²) in [6, 6.07) is 7.94. The molecule has 0 unspecified atom stereocenters. The molecular formula is C31H42O4. The van der Waals surface area contributed by atoms with Crippen molar-refractivity contribution in [1.82, 2.24) is 0 Å². The van der Waals surface area contributed by atoms with Gasteiger partial charge in [0, 0.05) is 6.42 Å². The molecule has 0 radical (unpaired) electrons. The van der Waals surface area contributed by atoms with Crippen molar-refractivity contribution in [2.24, 2.45) is 23.2 Å². The van der Waals surface area contributed by atoms with E-state index in [1.807, 2.05) is 25.1 Å². The minimum absolute atomic E-state index is 0.244. The highest BCUT2D eigenvalue weighted by Gasteiger charge is 2.50. The van der Waals surface area contributed by atoms with Gasteiger partial charge in [0.1, 0.15) is 0 Å². The fourth-order valence-electron chi connectivity index (χ4n) is 7.23. The molecule has 6 atom stereocenters. The van der Waals surface area contributed by atoms with Gasteiger partial charge >= 0.3 is 5.97 Å². The van der Waals surface area contributed by atoms with Crippen molar-refractivity contribution in [3.05, 3.63) is 70.8 Å². The molecule has 0 saturated heterocycles. The normalized spacial score (nSPS) is 34.1. The molecule has 4 heteroatoms. The van der Waals surface area contributed by atoms with Crippen molar-refractivity contribution in [2.45, 2.75) is 84.3 Å². The number of esters is 1. The molecule has 0 heterocycles. The summed E-state index contributed by atoms with van der Waals surface area (Å²) < 4.78 is 5.19. The zero-order valence-electron chi connectivity index (χ0n) is 21.6. The third-order valence-corrected chi connectivity index (χ3v) is 8.98. The summed E-state index contributed by atoms with van der Waals surface area (Å²) in [5, 5.41) is 20.3. The minimum Gasteiger partial charge on any atom is -0.462 e. The first-order chi connectivity index (χ1) is 16.7. The van der Waals surface area contributed by atoms with E-state index in [9.17, 15) is 15.0 Å². The van der Waals surface area contributed by atoms with Crippen LogP contribution in [0.25, 0.3) is 0 Å². The number of allylic oxidation sites excluding steroid dienone is 3. The first-order valence-electron chi connectivity index (χ1n) is 13.4. The Morgan fingerprint density at radius 2 is 2.09 bits per heavy atom. The topological polar surface area (TPSA) is 66.8 Å². The second-order valence-electron chi connectivity index (χ2n) is 11.3. The van der Waals surface area contributed by atoms with E-state index in [0.717, 1.165) is 24.0 Å². The van der Waals surface area contributed by atoms with E-state index in [0.29, 0.717) is 42.8 Å². The van der Waals surface area contributed by atoms with Gasteiger partial charge in [-0.15, -0.1) is 0 Å². The molecule has 0 spiro atoms. The van der Waals surface area contributed by atoms with Crippen LogP contribution in [0.4, 0.5) is 0 Å². The number of rotatable bonds is 6. The van der Waals surface area contributed by atoms with Crippen LogP contribution in [0.1, 0.15) is 81.6 Å². The zero-order valence-corrected chi connectivity index (χ0v) is 21.6. The number of fused-ring (bicyclic) bond motifs is 1. The Labute approximate surface area is 210 Å². The van der Waals surface area contributed by atoms with E-state index >= 15 is 0 Å². The van der Waals surface area contributed by atoms with E-state index in [2.05, 4.69) is 38.6 Å². The van der Waals surface area contributed by atoms with Gasteiger partial charge in [0.15, 0.2) is 0 Å². The average Bonchev–Trinajstić information content (AvgIpc) is 3.18. The maximum Gasteiger partial charge on any atom is 0.338 e. The predicted molar refractivity (Wildman–Crippen MR) is 140 cm³/mol. The lowest BCUT2D eigenvalue weighted by Crippen LogP contribution is -2.36. The summed E-state index contributed by atoms with van der Waals surface area (Å²) >= 11 is 0. The summed E-state index contributed by atoms with van der Waals surface area (Å²) in [6.45, 7) is 11.2. The van der Waals surface area contributed by atoms with Crippen LogP contribution >= 0.6 is 0 Å². The van der Waals surface area contributed by atoms with E-state index < -0.39 is 12.2 Å². The molecule has 3 fully saturated rings. The summed E-state index contributed by atoms with van der Waals surface area (Å²) in [5.41, 5.74) is 5.40. The molecule has 2 N–H and O–H groups in total. The highest BCUT2D eigenvalue weighted by atomic mass is 16.5. The van der Waals surface area contributed by atoms with Gasteiger partial charge in [-0.25, -0.2) is 4.79 Å². The van der Waals surface area contributed by atoms with Crippen molar-refractivity contribution in [1.29, 1.82) is 0 Å². The van der Waals surface area contributed by atoms with E-state index in [-0.39, 0.29) is 11.4 Å². The molecule has 1 aromatic rings. The fraction of sp³-hybridized carbons (Fsp3) is 0.581. The van der Waals surface area contributed by atoms with Crippen molar-refractivity contribution >= 4 is 5.97 Å². The molecule has 0 amide bonds. The van der Waals surface area contributed by atoms with Gasteiger partial charge in [-0.2, -0.15) is 0 Å². The van der Waals surface area contributed by atoms with Gasteiger partial charge in [0.05, 0.1) is 24.4 Å². The van der Waals surface area contributed by atoms with E-state index in [1.54, 1.807) is 0 Å². The van der Waals surface area contributed by atoms with Crippen LogP contribution in [0.5, 0.6) is 0 Å². The lowest BCUT2D eigenvalue weighted by Gasteiger charge is -2.44. The average molecular weight is 479 g/mol. The summed E-state index contributed by atoms with van der Waals surface area (Å²) in [7, 11) is 0. The number of aliphatic hydroxyl groups excluding tert-OH is 2. The Balaban J connectivity index is 1.49. The Bertz CT molecular complexity index is 1000. The monoisotopic (exact) mass is 478 g/mol. The van der Waals surface area contributed by atoms with Crippen LogP contribution in [0, 0.1) is 23.2 Å². The quantitative estimate of drug-likeness (QED) is 0.479. The molecule has 0 aliphatic heterocycles. The van der Waals surface area contributed by atoms with Crippen molar-refractivity contribution in [3.8, 4) is 0 Å². The Hall–Kier alpha value is -2.17. The van der Waals surface area contributed by atoms with Gasteiger partial charge in [-0.1, -0.05) is 50.3 Å². The van der Waals surface area contributed by atoms with Crippen molar-refractivity contribution in [3.63, 3.8) is 0 Å². The maximum absolute atomic E-state index is 12.2. The van der Waals surface area contributed by atoms with E-state index in [4.69, 9.17) is 4.74 Å². The Kier molecular flexibility index (Phi) is 8.02. The summed E-state index contributed by atoms with van der Waals surface area (Å²) in [4.78, 5) is 12.2. The first kappa shape index (κ1) is 25.9. The molecular weight excluding hydrogens is 436 g/mol. The summed E-state index contributed by atoms with van der Waals surface area (Å²) in [5.74, 6) is 1.51. The molecule has 190 valence electrons. The molecule has 3 saturated carbocycles. The molecule has 4 rings (SSSR count). The lowest BCUT2D eigenvalue weighted by atomic mass is 9.60. The molecule has 4 nitrogen and oxygen atoms in total. The smallest absolute Gasteiger partial charge is 0.338 e. The number of hydrogen-bond donors (Lipinski definition) is 2. The SMILES string of the molecule is C=C1/C(=C\C=C2/CCC[C@]3(C)[C@@H]([C@H](C)Cc4cccc(C(=O)OCC)c4)CC[C@@H]23)C[C@@H](O)C[C@@H]1O. The third kappa shape index (κ3) is 5.49. The lowest BCUT2D eigenvalue weighted by molar-refractivity contribution is 0.0526. The van der Waals surface area contributed by atoms with Crippen LogP contribution in [0.3, 0.4) is 0 Å². The van der Waals surface area contributed by atoms with Crippen LogP contribution in [0.2, 0.25) is 0 Å².